The quantitative estimate of drug-likeness (QED) is 0.808. The van der Waals surface area contributed by atoms with Crippen LogP contribution in [0, 0.1) is 11.8 Å². The van der Waals surface area contributed by atoms with Crippen molar-refractivity contribution in [2.45, 2.75) is 24.7 Å². The number of nitrogens with zero attached hydrogens (tertiary/aromatic N) is 2. The molecule has 5 rings (SSSR count). The van der Waals surface area contributed by atoms with E-state index < -0.39 is 22.7 Å². The molecule has 28 heavy (non-hydrogen) atoms. The maximum absolute atomic E-state index is 13.5. The van der Waals surface area contributed by atoms with Crippen LogP contribution in [0.15, 0.2) is 48.5 Å². The van der Waals surface area contributed by atoms with Crippen molar-refractivity contribution in [2.75, 3.05) is 28.2 Å². The van der Waals surface area contributed by atoms with Crippen molar-refractivity contribution >= 4 is 11.8 Å². The first kappa shape index (κ1) is 18.7. The molecule has 0 spiro atoms. The fraction of sp³-hybridized carbons (Fsp3) is 0.417. The molecule has 0 heterocycles. The summed E-state index contributed by atoms with van der Waals surface area (Å²) in [7, 11) is 7.13. The first-order valence-electron chi connectivity index (χ1n) is 9.79. The molecule has 2 aromatic rings. The molecule has 2 aromatic carbocycles. The molecule has 0 saturated heterocycles. The molecule has 0 radical (unpaired) electrons. The number of hydrogen-bond acceptors (Lipinski definition) is 2. The van der Waals surface area contributed by atoms with Crippen molar-refractivity contribution < 1.29 is 9.59 Å². The zero-order chi connectivity index (χ0) is 20.4. The van der Waals surface area contributed by atoms with Gasteiger partial charge in [-0.1, -0.05) is 62.4 Å². The number of rotatable bonds is 2. The van der Waals surface area contributed by atoms with E-state index in [2.05, 4.69) is 38.1 Å². The van der Waals surface area contributed by atoms with E-state index in [0.717, 1.165) is 0 Å². The van der Waals surface area contributed by atoms with E-state index in [4.69, 9.17) is 0 Å². The zero-order valence-electron chi connectivity index (χ0n) is 17.5. The lowest BCUT2D eigenvalue weighted by atomic mass is 9.41. The molecule has 146 valence electrons. The van der Waals surface area contributed by atoms with E-state index in [9.17, 15) is 9.59 Å². The standard InChI is InChI=1S/C24H28N2O2/c1-23-15-11-7-9-13-17(15)24(2,18-14-10-8-12-16(18)23)20(22(28)26(5)6)19(23)21(27)25(3)4/h7-14,19-20H,1-6H3. The number of hydrogen-bond donors (Lipinski definition) is 0. The molecular formula is C24H28N2O2. The van der Waals surface area contributed by atoms with Gasteiger partial charge in [0.05, 0.1) is 11.8 Å². The second-order valence-electron chi connectivity index (χ2n) is 8.92. The summed E-state index contributed by atoms with van der Waals surface area (Å²) in [5.41, 5.74) is 3.56. The van der Waals surface area contributed by atoms with Gasteiger partial charge in [-0.25, -0.2) is 0 Å². The van der Waals surface area contributed by atoms with E-state index >= 15 is 0 Å². The van der Waals surface area contributed by atoms with Gasteiger partial charge in [-0.3, -0.25) is 9.59 Å². The number of fused-ring (bicyclic) bond motifs is 1. The summed E-state index contributed by atoms with van der Waals surface area (Å²) in [5, 5.41) is 0. The first-order valence-corrected chi connectivity index (χ1v) is 9.79. The van der Waals surface area contributed by atoms with E-state index in [0.29, 0.717) is 0 Å². The Labute approximate surface area is 167 Å². The van der Waals surface area contributed by atoms with Crippen LogP contribution in [-0.4, -0.2) is 49.8 Å². The monoisotopic (exact) mass is 376 g/mol. The molecule has 3 aliphatic rings. The molecule has 2 unspecified atom stereocenters. The zero-order valence-corrected chi connectivity index (χ0v) is 17.5. The minimum Gasteiger partial charge on any atom is -0.349 e. The third-order valence-corrected chi connectivity index (χ3v) is 7.08. The van der Waals surface area contributed by atoms with Crippen LogP contribution in [0.5, 0.6) is 0 Å². The molecule has 0 aromatic heterocycles. The van der Waals surface area contributed by atoms with Crippen molar-refractivity contribution in [3.63, 3.8) is 0 Å². The maximum Gasteiger partial charge on any atom is 0.227 e. The molecule has 4 heteroatoms. The number of benzene rings is 2. The Kier molecular flexibility index (Phi) is 3.97. The number of carbonyl (C=O) groups excluding carboxylic acids is 2. The van der Waals surface area contributed by atoms with Gasteiger partial charge in [0.2, 0.25) is 11.8 Å². The topological polar surface area (TPSA) is 40.6 Å². The summed E-state index contributed by atoms with van der Waals surface area (Å²) < 4.78 is 0. The fourth-order valence-corrected chi connectivity index (χ4v) is 5.74. The average molecular weight is 377 g/mol. The highest BCUT2D eigenvalue weighted by Gasteiger charge is 2.66. The summed E-state index contributed by atoms with van der Waals surface area (Å²) in [6, 6.07) is 16.7. The van der Waals surface area contributed by atoms with Crippen LogP contribution in [0.2, 0.25) is 0 Å². The van der Waals surface area contributed by atoms with Gasteiger partial charge in [-0.2, -0.15) is 0 Å². The SMILES string of the molecule is CN(C)C(=O)C1C(C(=O)N(C)C)C2(C)c3ccccc3C1(C)c1ccccc12. The van der Waals surface area contributed by atoms with Gasteiger partial charge >= 0.3 is 0 Å². The van der Waals surface area contributed by atoms with Crippen LogP contribution in [0.25, 0.3) is 0 Å². The Hall–Kier alpha value is -2.62. The van der Waals surface area contributed by atoms with Gasteiger partial charge in [0.25, 0.3) is 0 Å². The summed E-state index contributed by atoms with van der Waals surface area (Å²) in [6.07, 6.45) is 0. The predicted molar refractivity (Wildman–Crippen MR) is 110 cm³/mol. The van der Waals surface area contributed by atoms with Gasteiger partial charge < -0.3 is 9.80 Å². The fourth-order valence-electron chi connectivity index (χ4n) is 5.74. The van der Waals surface area contributed by atoms with Crippen LogP contribution in [0.4, 0.5) is 0 Å². The molecule has 2 bridgehead atoms. The van der Waals surface area contributed by atoms with Gasteiger partial charge in [0, 0.05) is 39.0 Å². The molecule has 0 N–H and O–H groups in total. The molecule has 2 amide bonds. The van der Waals surface area contributed by atoms with Gasteiger partial charge in [0.1, 0.15) is 0 Å². The second-order valence-corrected chi connectivity index (χ2v) is 8.92. The number of carbonyl (C=O) groups is 2. The van der Waals surface area contributed by atoms with E-state index in [1.165, 1.54) is 22.3 Å². The maximum atomic E-state index is 13.5. The lowest BCUT2D eigenvalue weighted by molar-refractivity contribution is -0.150. The third-order valence-electron chi connectivity index (χ3n) is 7.08. The highest BCUT2D eigenvalue weighted by atomic mass is 16.2. The van der Waals surface area contributed by atoms with Crippen LogP contribution in [0.1, 0.15) is 36.1 Å². The van der Waals surface area contributed by atoms with Crippen LogP contribution in [0.3, 0.4) is 0 Å². The van der Waals surface area contributed by atoms with Crippen LogP contribution >= 0.6 is 0 Å². The molecular weight excluding hydrogens is 348 g/mol. The van der Waals surface area contributed by atoms with Crippen molar-refractivity contribution in [1.29, 1.82) is 0 Å². The highest BCUT2D eigenvalue weighted by Crippen LogP contribution is 2.64. The van der Waals surface area contributed by atoms with Gasteiger partial charge in [-0.05, 0) is 22.3 Å². The smallest absolute Gasteiger partial charge is 0.227 e. The van der Waals surface area contributed by atoms with Crippen molar-refractivity contribution in [3.8, 4) is 0 Å². The van der Waals surface area contributed by atoms with Gasteiger partial charge in [0.15, 0.2) is 0 Å². The Morgan fingerprint density at radius 1 is 0.643 bits per heavy atom. The average Bonchev–Trinajstić information content (AvgIpc) is 2.68. The Morgan fingerprint density at radius 3 is 1.11 bits per heavy atom. The normalized spacial score (nSPS) is 29.6. The largest absolute Gasteiger partial charge is 0.349 e. The summed E-state index contributed by atoms with van der Waals surface area (Å²) in [6.45, 7) is 4.29. The summed E-state index contributed by atoms with van der Waals surface area (Å²) in [5.74, 6) is -0.879. The molecule has 0 fully saturated rings. The molecule has 0 saturated carbocycles. The molecule has 2 atom stereocenters. The predicted octanol–water partition coefficient (Wildman–Crippen LogP) is 3.03. The minimum absolute atomic E-state index is 0.0120. The first-order chi connectivity index (χ1) is 13.2. The van der Waals surface area contributed by atoms with Crippen molar-refractivity contribution in [1.82, 2.24) is 9.80 Å². The van der Waals surface area contributed by atoms with Crippen LogP contribution in [-0.2, 0) is 20.4 Å². The lowest BCUT2D eigenvalue weighted by Crippen LogP contribution is -2.65. The molecule has 0 aliphatic heterocycles. The molecule has 3 aliphatic carbocycles. The molecule has 4 nitrogen and oxygen atoms in total. The Morgan fingerprint density at radius 2 is 0.893 bits per heavy atom. The van der Waals surface area contributed by atoms with E-state index in [1.807, 2.05) is 24.3 Å². The van der Waals surface area contributed by atoms with Gasteiger partial charge in [-0.15, -0.1) is 0 Å². The van der Waals surface area contributed by atoms with Crippen LogP contribution < -0.4 is 0 Å². The summed E-state index contributed by atoms with van der Waals surface area (Å²) >= 11 is 0. The van der Waals surface area contributed by atoms with Crippen molar-refractivity contribution in [2.24, 2.45) is 11.8 Å². The number of amides is 2. The summed E-state index contributed by atoms with van der Waals surface area (Å²) in [4.78, 5) is 30.4. The third kappa shape index (κ3) is 2.06. The lowest BCUT2D eigenvalue weighted by Gasteiger charge is -2.60. The Bertz CT molecular complexity index is 851. The Balaban J connectivity index is 2.15. The van der Waals surface area contributed by atoms with E-state index in [-0.39, 0.29) is 11.8 Å². The van der Waals surface area contributed by atoms with E-state index in [1.54, 1.807) is 38.0 Å². The van der Waals surface area contributed by atoms with Crippen molar-refractivity contribution in [3.05, 3.63) is 70.8 Å². The minimum atomic E-state index is -0.553. The highest BCUT2D eigenvalue weighted by molar-refractivity contribution is 5.94. The second kappa shape index (κ2) is 5.94.